The second-order valence-corrected chi connectivity index (χ2v) is 7.13. The molecule has 0 amide bonds. The van der Waals surface area contributed by atoms with Gasteiger partial charge in [0, 0.05) is 17.7 Å². The molecule has 0 unspecified atom stereocenters. The number of carbonyl (C=O) groups excluding carboxylic acids is 1. The SMILES string of the molecule is COC(=O)C[C@@H](c1ccccc1OCc1ccccn1)c1c(O)c2ccccc2oc1=O. The number of fused-ring (bicyclic) bond motifs is 1. The molecule has 0 aliphatic carbocycles. The Kier molecular flexibility index (Phi) is 6.17. The molecule has 0 aliphatic rings. The summed E-state index contributed by atoms with van der Waals surface area (Å²) in [5, 5.41) is 11.4. The van der Waals surface area contributed by atoms with Crippen LogP contribution >= 0.6 is 0 Å². The summed E-state index contributed by atoms with van der Waals surface area (Å²) in [5.41, 5.74) is 0.777. The van der Waals surface area contributed by atoms with Gasteiger partial charge in [-0.25, -0.2) is 4.79 Å². The predicted octanol–water partition coefficient (Wildman–Crippen LogP) is 4.17. The maximum Gasteiger partial charge on any atom is 0.343 e. The van der Waals surface area contributed by atoms with Crippen molar-refractivity contribution in [1.29, 1.82) is 0 Å². The zero-order valence-corrected chi connectivity index (χ0v) is 17.4. The molecule has 0 bridgehead atoms. The number of benzene rings is 2. The van der Waals surface area contributed by atoms with E-state index in [4.69, 9.17) is 13.9 Å². The van der Waals surface area contributed by atoms with E-state index in [1.54, 1.807) is 54.7 Å². The molecule has 7 nitrogen and oxygen atoms in total. The van der Waals surface area contributed by atoms with Crippen LogP contribution in [0.4, 0.5) is 0 Å². The number of nitrogens with zero attached hydrogens (tertiary/aromatic N) is 1. The second-order valence-electron chi connectivity index (χ2n) is 7.13. The van der Waals surface area contributed by atoms with Crippen molar-refractivity contribution in [1.82, 2.24) is 4.98 Å². The number of hydrogen-bond donors (Lipinski definition) is 1. The van der Waals surface area contributed by atoms with Crippen molar-refractivity contribution in [2.45, 2.75) is 18.9 Å². The Morgan fingerprint density at radius 3 is 2.59 bits per heavy atom. The molecule has 4 aromatic rings. The lowest BCUT2D eigenvalue weighted by Crippen LogP contribution is -2.18. The van der Waals surface area contributed by atoms with Crippen molar-refractivity contribution in [3.8, 4) is 11.5 Å². The highest BCUT2D eigenvalue weighted by Crippen LogP contribution is 2.39. The first-order chi connectivity index (χ1) is 15.6. The molecular formula is C25H21NO6. The van der Waals surface area contributed by atoms with Crippen molar-refractivity contribution in [3.05, 3.63) is 100 Å². The summed E-state index contributed by atoms with van der Waals surface area (Å²) < 4.78 is 16.3. The highest BCUT2D eigenvalue weighted by molar-refractivity contribution is 5.85. The smallest absolute Gasteiger partial charge is 0.343 e. The number of carbonyl (C=O) groups is 1. The summed E-state index contributed by atoms with van der Waals surface area (Å²) >= 11 is 0. The van der Waals surface area contributed by atoms with Gasteiger partial charge in [-0.3, -0.25) is 9.78 Å². The van der Waals surface area contributed by atoms with E-state index in [2.05, 4.69) is 4.98 Å². The van der Waals surface area contributed by atoms with Gasteiger partial charge in [-0.05, 0) is 30.3 Å². The highest BCUT2D eigenvalue weighted by atomic mass is 16.5. The van der Waals surface area contributed by atoms with Gasteiger partial charge in [0.1, 0.15) is 23.7 Å². The van der Waals surface area contributed by atoms with E-state index in [9.17, 15) is 14.7 Å². The zero-order valence-electron chi connectivity index (χ0n) is 17.4. The van der Waals surface area contributed by atoms with Crippen molar-refractivity contribution in [2.24, 2.45) is 0 Å². The minimum Gasteiger partial charge on any atom is -0.507 e. The van der Waals surface area contributed by atoms with Crippen LogP contribution in [-0.4, -0.2) is 23.2 Å². The van der Waals surface area contributed by atoms with Crippen molar-refractivity contribution >= 4 is 16.9 Å². The lowest BCUT2D eigenvalue weighted by molar-refractivity contribution is -0.140. The fourth-order valence-corrected chi connectivity index (χ4v) is 3.61. The summed E-state index contributed by atoms with van der Waals surface area (Å²) in [6.07, 6.45) is 1.49. The minimum atomic E-state index is -0.844. The molecule has 0 spiro atoms. The molecule has 0 aliphatic heterocycles. The van der Waals surface area contributed by atoms with Gasteiger partial charge in [-0.15, -0.1) is 0 Å². The monoisotopic (exact) mass is 431 g/mol. The van der Waals surface area contributed by atoms with Gasteiger partial charge in [0.25, 0.3) is 0 Å². The fraction of sp³-hybridized carbons (Fsp3) is 0.160. The Balaban J connectivity index is 1.81. The van der Waals surface area contributed by atoms with E-state index in [0.29, 0.717) is 16.7 Å². The third kappa shape index (κ3) is 4.32. The third-order valence-electron chi connectivity index (χ3n) is 5.16. The number of pyridine rings is 1. The van der Waals surface area contributed by atoms with Gasteiger partial charge in [0.2, 0.25) is 0 Å². The number of esters is 1. The van der Waals surface area contributed by atoms with Crippen molar-refractivity contribution < 1.29 is 23.8 Å². The normalized spacial score (nSPS) is 11.8. The van der Waals surface area contributed by atoms with Crippen LogP contribution in [0.15, 0.2) is 82.1 Å². The first kappa shape index (κ1) is 21.1. The predicted molar refractivity (Wildman–Crippen MR) is 118 cm³/mol. The zero-order chi connectivity index (χ0) is 22.5. The summed E-state index contributed by atoms with van der Waals surface area (Å²) in [5.74, 6) is -1.16. The van der Waals surface area contributed by atoms with Crippen molar-refractivity contribution in [2.75, 3.05) is 7.11 Å². The number of hydrogen-bond acceptors (Lipinski definition) is 7. The molecule has 162 valence electrons. The number of aromatic hydroxyl groups is 1. The summed E-state index contributed by atoms with van der Waals surface area (Å²) in [4.78, 5) is 29.4. The molecule has 0 saturated heterocycles. The lowest BCUT2D eigenvalue weighted by Gasteiger charge is -2.20. The molecule has 0 saturated carbocycles. The summed E-state index contributed by atoms with van der Waals surface area (Å²) in [6, 6.07) is 19.2. The maximum atomic E-state index is 12.9. The van der Waals surface area contributed by atoms with Gasteiger partial charge in [-0.1, -0.05) is 36.4 Å². The van der Waals surface area contributed by atoms with Crippen LogP contribution in [0.3, 0.4) is 0 Å². The van der Waals surface area contributed by atoms with E-state index in [-0.39, 0.29) is 29.9 Å². The van der Waals surface area contributed by atoms with Crippen LogP contribution in [0.25, 0.3) is 11.0 Å². The van der Waals surface area contributed by atoms with E-state index >= 15 is 0 Å². The third-order valence-corrected chi connectivity index (χ3v) is 5.16. The average molecular weight is 431 g/mol. The van der Waals surface area contributed by atoms with Gasteiger partial charge < -0.3 is 19.0 Å². The highest BCUT2D eigenvalue weighted by Gasteiger charge is 2.29. The Bertz CT molecular complexity index is 1300. The van der Waals surface area contributed by atoms with E-state index < -0.39 is 17.5 Å². The van der Waals surface area contributed by atoms with E-state index in [1.807, 2.05) is 18.2 Å². The quantitative estimate of drug-likeness (QED) is 0.346. The second kappa shape index (κ2) is 9.34. The average Bonchev–Trinajstić information content (AvgIpc) is 2.83. The number of aromatic nitrogens is 1. The molecule has 0 radical (unpaired) electrons. The van der Waals surface area contributed by atoms with Crippen LogP contribution < -0.4 is 10.4 Å². The van der Waals surface area contributed by atoms with E-state index in [1.165, 1.54) is 7.11 Å². The Morgan fingerprint density at radius 2 is 1.81 bits per heavy atom. The molecule has 1 atom stereocenters. The first-order valence-electron chi connectivity index (χ1n) is 10.0. The molecule has 2 aromatic heterocycles. The van der Waals surface area contributed by atoms with Crippen LogP contribution in [-0.2, 0) is 16.1 Å². The topological polar surface area (TPSA) is 98.9 Å². The number of para-hydroxylation sites is 2. The lowest BCUT2D eigenvalue weighted by atomic mass is 9.87. The van der Waals surface area contributed by atoms with Gasteiger partial charge >= 0.3 is 11.6 Å². The van der Waals surface area contributed by atoms with Crippen LogP contribution in [0.5, 0.6) is 11.5 Å². The van der Waals surface area contributed by atoms with Crippen LogP contribution in [0, 0.1) is 0 Å². The van der Waals surface area contributed by atoms with Crippen molar-refractivity contribution in [3.63, 3.8) is 0 Å². The molecule has 4 rings (SSSR count). The van der Waals surface area contributed by atoms with Gasteiger partial charge in [0.15, 0.2) is 0 Å². The Hall–Kier alpha value is -4.13. The standard InChI is InChI=1S/C25H21NO6/c1-30-22(27)14-19(23-24(28)18-10-3-5-12-21(18)32-25(23)29)17-9-2-4-11-20(17)31-15-16-8-6-7-13-26-16/h2-13,19,28H,14-15H2,1H3/t19-/m0/s1. The minimum absolute atomic E-state index is 0.0250. The largest absolute Gasteiger partial charge is 0.507 e. The molecular weight excluding hydrogens is 410 g/mol. The maximum absolute atomic E-state index is 12.9. The Labute approximate surface area is 183 Å². The molecule has 1 N–H and O–H groups in total. The van der Waals surface area contributed by atoms with Gasteiger partial charge in [0.05, 0.1) is 30.2 Å². The Morgan fingerprint density at radius 1 is 1.06 bits per heavy atom. The molecule has 2 aromatic carbocycles. The fourth-order valence-electron chi connectivity index (χ4n) is 3.61. The molecule has 2 heterocycles. The summed E-state index contributed by atoms with van der Waals surface area (Å²) in [6.45, 7) is 0.196. The molecule has 7 heteroatoms. The van der Waals surface area contributed by atoms with E-state index in [0.717, 1.165) is 5.69 Å². The summed E-state index contributed by atoms with van der Waals surface area (Å²) in [7, 11) is 1.27. The number of methoxy groups -OCH3 is 1. The number of rotatable bonds is 7. The first-order valence-corrected chi connectivity index (χ1v) is 10.0. The molecule has 32 heavy (non-hydrogen) atoms. The van der Waals surface area contributed by atoms with Gasteiger partial charge in [-0.2, -0.15) is 0 Å². The number of ether oxygens (including phenoxy) is 2. The van der Waals surface area contributed by atoms with Crippen LogP contribution in [0.2, 0.25) is 0 Å². The molecule has 0 fully saturated rings. The van der Waals surface area contributed by atoms with Crippen LogP contribution in [0.1, 0.15) is 29.2 Å².